The van der Waals surface area contributed by atoms with Crippen LogP contribution in [0.2, 0.25) is 0 Å². The number of benzene rings is 1. The third-order valence-electron chi connectivity index (χ3n) is 4.05. The third-order valence-corrected chi connectivity index (χ3v) is 4.05. The Morgan fingerprint density at radius 3 is 2.79 bits per heavy atom. The lowest BCUT2D eigenvalue weighted by Crippen LogP contribution is -2.22. The van der Waals surface area contributed by atoms with Gasteiger partial charge in [-0.3, -0.25) is 4.79 Å². The second kappa shape index (κ2) is 6.91. The molecule has 0 unspecified atom stereocenters. The third kappa shape index (κ3) is 4.55. The molecule has 6 nitrogen and oxygen atoms in total. The molecule has 1 saturated heterocycles. The Morgan fingerprint density at radius 2 is 2.12 bits per heavy atom. The Balaban J connectivity index is 1.47. The SMILES string of the molecule is CC1(C)OC[C@H](CCOC(=O)c2cccc(NC(=O)C3CC3)c2)O1. The minimum atomic E-state index is -0.567. The molecule has 3 rings (SSSR count). The molecular weight excluding hydrogens is 310 g/mol. The Morgan fingerprint density at radius 1 is 1.33 bits per heavy atom. The van der Waals surface area contributed by atoms with Crippen LogP contribution in [0.25, 0.3) is 0 Å². The first-order chi connectivity index (χ1) is 11.4. The number of ether oxygens (including phenoxy) is 3. The van der Waals surface area contributed by atoms with Crippen molar-refractivity contribution in [1.29, 1.82) is 0 Å². The van der Waals surface area contributed by atoms with Crippen molar-refractivity contribution in [2.45, 2.75) is 45.0 Å². The van der Waals surface area contributed by atoms with Gasteiger partial charge in [0.05, 0.1) is 24.9 Å². The lowest BCUT2D eigenvalue weighted by Gasteiger charge is -2.17. The van der Waals surface area contributed by atoms with Crippen molar-refractivity contribution in [3.8, 4) is 0 Å². The monoisotopic (exact) mass is 333 g/mol. The Kier molecular flexibility index (Phi) is 4.87. The van der Waals surface area contributed by atoms with Crippen molar-refractivity contribution in [3.63, 3.8) is 0 Å². The summed E-state index contributed by atoms with van der Waals surface area (Å²) in [5.74, 6) is -0.835. The summed E-state index contributed by atoms with van der Waals surface area (Å²) >= 11 is 0. The van der Waals surface area contributed by atoms with Gasteiger partial charge in [-0.05, 0) is 44.9 Å². The number of esters is 1. The average molecular weight is 333 g/mol. The molecule has 2 aliphatic rings. The predicted octanol–water partition coefficient (Wildman–Crippen LogP) is 2.73. The Hall–Kier alpha value is -1.92. The quantitative estimate of drug-likeness (QED) is 0.810. The number of carbonyl (C=O) groups is 2. The smallest absolute Gasteiger partial charge is 0.338 e. The molecule has 1 atom stereocenters. The number of rotatable bonds is 6. The highest BCUT2D eigenvalue weighted by atomic mass is 16.7. The summed E-state index contributed by atoms with van der Waals surface area (Å²) in [5.41, 5.74) is 1.04. The number of hydrogen-bond donors (Lipinski definition) is 1. The summed E-state index contributed by atoms with van der Waals surface area (Å²) in [6.45, 7) is 4.50. The number of amides is 1. The van der Waals surface area contributed by atoms with E-state index in [1.807, 2.05) is 13.8 Å². The van der Waals surface area contributed by atoms with E-state index in [0.29, 0.717) is 24.3 Å². The highest BCUT2D eigenvalue weighted by Crippen LogP contribution is 2.30. The molecule has 1 aliphatic carbocycles. The fourth-order valence-corrected chi connectivity index (χ4v) is 2.59. The number of nitrogens with one attached hydrogen (secondary N) is 1. The molecule has 0 radical (unpaired) electrons. The van der Waals surface area contributed by atoms with Crippen LogP contribution in [0.4, 0.5) is 5.69 Å². The van der Waals surface area contributed by atoms with Gasteiger partial charge < -0.3 is 19.5 Å². The highest BCUT2D eigenvalue weighted by Gasteiger charge is 2.32. The van der Waals surface area contributed by atoms with E-state index in [1.165, 1.54) is 0 Å². The van der Waals surface area contributed by atoms with E-state index in [1.54, 1.807) is 24.3 Å². The standard InChI is InChI=1S/C18H23NO5/c1-18(2)23-11-15(24-18)8-9-22-17(21)13-4-3-5-14(10-13)19-16(20)12-6-7-12/h3-5,10,12,15H,6-9,11H2,1-2H3,(H,19,20)/t15-/m0/s1. The summed E-state index contributed by atoms with van der Waals surface area (Å²) in [6.07, 6.45) is 2.42. The van der Waals surface area contributed by atoms with E-state index in [4.69, 9.17) is 14.2 Å². The minimum Gasteiger partial charge on any atom is -0.462 e. The van der Waals surface area contributed by atoms with Crippen molar-refractivity contribution >= 4 is 17.6 Å². The van der Waals surface area contributed by atoms with Gasteiger partial charge in [0, 0.05) is 18.0 Å². The van der Waals surface area contributed by atoms with Crippen molar-refractivity contribution in [2.75, 3.05) is 18.5 Å². The normalized spacial score (nSPS) is 22.2. The fraction of sp³-hybridized carbons (Fsp3) is 0.556. The van der Waals surface area contributed by atoms with E-state index < -0.39 is 11.8 Å². The van der Waals surface area contributed by atoms with Crippen LogP contribution in [-0.2, 0) is 19.0 Å². The first-order valence-corrected chi connectivity index (χ1v) is 8.33. The largest absolute Gasteiger partial charge is 0.462 e. The fourth-order valence-electron chi connectivity index (χ4n) is 2.59. The van der Waals surface area contributed by atoms with Crippen LogP contribution in [0.15, 0.2) is 24.3 Å². The summed E-state index contributed by atoms with van der Waals surface area (Å²) < 4.78 is 16.4. The summed E-state index contributed by atoms with van der Waals surface area (Å²) in [5, 5.41) is 2.83. The van der Waals surface area contributed by atoms with Gasteiger partial charge in [-0.15, -0.1) is 0 Å². The molecule has 0 spiro atoms. The van der Waals surface area contributed by atoms with Gasteiger partial charge in [0.25, 0.3) is 0 Å². The van der Waals surface area contributed by atoms with Gasteiger partial charge in [-0.1, -0.05) is 6.07 Å². The molecule has 1 aromatic rings. The maximum Gasteiger partial charge on any atom is 0.338 e. The van der Waals surface area contributed by atoms with Crippen LogP contribution in [0.3, 0.4) is 0 Å². The lowest BCUT2D eigenvalue weighted by molar-refractivity contribution is -0.139. The van der Waals surface area contributed by atoms with Gasteiger partial charge in [0.15, 0.2) is 5.79 Å². The van der Waals surface area contributed by atoms with Crippen molar-refractivity contribution < 1.29 is 23.8 Å². The number of anilines is 1. The van der Waals surface area contributed by atoms with Crippen LogP contribution < -0.4 is 5.32 Å². The maximum atomic E-state index is 12.1. The zero-order valence-electron chi connectivity index (χ0n) is 14.0. The van der Waals surface area contributed by atoms with Gasteiger partial charge >= 0.3 is 5.97 Å². The van der Waals surface area contributed by atoms with Gasteiger partial charge in [-0.2, -0.15) is 0 Å². The van der Waals surface area contributed by atoms with Crippen molar-refractivity contribution in [2.24, 2.45) is 5.92 Å². The molecule has 0 bridgehead atoms. The molecular formula is C18H23NO5. The molecule has 1 aromatic carbocycles. The first kappa shape index (κ1) is 16.9. The molecule has 1 heterocycles. The average Bonchev–Trinajstić information content (AvgIpc) is 3.32. The number of hydrogen-bond acceptors (Lipinski definition) is 5. The molecule has 1 aliphatic heterocycles. The van der Waals surface area contributed by atoms with E-state index in [0.717, 1.165) is 12.8 Å². The van der Waals surface area contributed by atoms with Crippen LogP contribution in [0.5, 0.6) is 0 Å². The van der Waals surface area contributed by atoms with Crippen LogP contribution in [0.1, 0.15) is 43.5 Å². The molecule has 1 amide bonds. The van der Waals surface area contributed by atoms with E-state index in [9.17, 15) is 9.59 Å². The maximum absolute atomic E-state index is 12.1. The zero-order valence-corrected chi connectivity index (χ0v) is 14.0. The lowest BCUT2D eigenvalue weighted by atomic mass is 10.2. The zero-order chi connectivity index (χ0) is 17.2. The molecule has 1 saturated carbocycles. The van der Waals surface area contributed by atoms with E-state index in [-0.39, 0.29) is 24.5 Å². The van der Waals surface area contributed by atoms with E-state index in [2.05, 4.69) is 5.32 Å². The first-order valence-electron chi connectivity index (χ1n) is 8.33. The van der Waals surface area contributed by atoms with Crippen molar-refractivity contribution in [3.05, 3.63) is 29.8 Å². The van der Waals surface area contributed by atoms with Gasteiger partial charge in [0.1, 0.15) is 0 Å². The summed E-state index contributed by atoms with van der Waals surface area (Å²) in [6, 6.07) is 6.81. The molecule has 0 aromatic heterocycles. The molecule has 1 N–H and O–H groups in total. The minimum absolute atomic E-state index is 0.0153. The number of carbonyl (C=O) groups excluding carboxylic acids is 2. The predicted molar refractivity (Wildman–Crippen MR) is 87.6 cm³/mol. The van der Waals surface area contributed by atoms with Crippen LogP contribution in [0, 0.1) is 5.92 Å². The summed E-state index contributed by atoms with van der Waals surface area (Å²) in [4.78, 5) is 23.9. The Bertz CT molecular complexity index is 624. The molecule has 24 heavy (non-hydrogen) atoms. The molecule has 2 fully saturated rings. The second-order valence-corrected chi connectivity index (χ2v) is 6.72. The van der Waals surface area contributed by atoms with Gasteiger partial charge in [0.2, 0.25) is 5.91 Å². The van der Waals surface area contributed by atoms with E-state index >= 15 is 0 Å². The van der Waals surface area contributed by atoms with Crippen LogP contribution >= 0.6 is 0 Å². The topological polar surface area (TPSA) is 73.9 Å². The highest BCUT2D eigenvalue weighted by molar-refractivity contribution is 5.96. The molecule has 130 valence electrons. The summed E-state index contributed by atoms with van der Waals surface area (Å²) in [7, 11) is 0. The van der Waals surface area contributed by atoms with Crippen molar-refractivity contribution in [1.82, 2.24) is 0 Å². The van der Waals surface area contributed by atoms with Crippen LogP contribution in [-0.4, -0.2) is 37.0 Å². The molecule has 6 heteroatoms. The Labute approximate surface area is 141 Å². The second-order valence-electron chi connectivity index (χ2n) is 6.72. The van der Waals surface area contributed by atoms with Gasteiger partial charge in [-0.25, -0.2) is 4.79 Å².